The number of nitrogens with two attached hydrogens (primary N) is 1. The van der Waals surface area contributed by atoms with Crippen LogP contribution in [0.25, 0.3) is 0 Å². The molecule has 1 aromatic carbocycles. The smallest absolute Gasteiger partial charge is 0.119 e. The van der Waals surface area contributed by atoms with Crippen LogP contribution in [0.15, 0.2) is 18.2 Å². The molecule has 0 radical (unpaired) electrons. The lowest BCUT2D eigenvalue weighted by Crippen LogP contribution is -2.48. The lowest BCUT2D eigenvalue weighted by atomic mass is 9.84. The SMILES string of the molecule is COc1ccc2c(c1)CC(N1CCCC(C(C)N)C1)CC2. The first kappa shape index (κ1) is 14.9. The van der Waals surface area contributed by atoms with Crippen LogP contribution in [0.5, 0.6) is 5.75 Å². The van der Waals surface area contributed by atoms with Crippen LogP contribution in [0, 0.1) is 5.92 Å². The van der Waals surface area contributed by atoms with E-state index in [1.807, 2.05) is 0 Å². The normalized spacial score (nSPS) is 28.0. The number of benzene rings is 1. The molecule has 3 rings (SSSR count). The minimum Gasteiger partial charge on any atom is -0.497 e. The van der Waals surface area contributed by atoms with E-state index in [0.717, 1.165) is 12.2 Å². The van der Waals surface area contributed by atoms with Gasteiger partial charge >= 0.3 is 0 Å². The van der Waals surface area contributed by atoms with E-state index in [1.165, 1.54) is 49.9 Å². The molecule has 0 saturated carbocycles. The van der Waals surface area contributed by atoms with Gasteiger partial charge in [0.25, 0.3) is 0 Å². The monoisotopic (exact) mass is 288 g/mol. The van der Waals surface area contributed by atoms with Gasteiger partial charge in [-0.15, -0.1) is 0 Å². The zero-order chi connectivity index (χ0) is 14.8. The highest BCUT2D eigenvalue weighted by Crippen LogP contribution is 2.30. The molecule has 0 amide bonds. The molecule has 1 aliphatic carbocycles. The molecule has 1 fully saturated rings. The fraction of sp³-hybridized carbons (Fsp3) is 0.667. The van der Waals surface area contributed by atoms with E-state index < -0.39 is 0 Å². The largest absolute Gasteiger partial charge is 0.497 e. The van der Waals surface area contributed by atoms with Crippen LogP contribution in [0.1, 0.15) is 37.3 Å². The van der Waals surface area contributed by atoms with Crippen LogP contribution in [-0.4, -0.2) is 37.2 Å². The highest BCUT2D eigenvalue weighted by Gasteiger charge is 2.30. The summed E-state index contributed by atoms with van der Waals surface area (Å²) in [5.41, 5.74) is 9.12. The first-order valence-corrected chi connectivity index (χ1v) is 8.33. The summed E-state index contributed by atoms with van der Waals surface area (Å²) in [5.74, 6) is 1.66. The Kier molecular flexibility index (Phi) is 4.51. The van der Waals surface area contributed by atoms with Crippen molar-refractivity contribution in [3.8, 4) is 5.75 Å². The number of hydrogen-bond donors (Lipinski definition) is 1. The van der Waals surface area contributed by atoms with Gasteiger partial charge < -0.3 is 10.5 Å². The van der Waals surface area contributed by atoms with Gasteiger partial charge in [0.2, 0.25) is 0 Å². The average molecular weight is 288 g/mol. The van der Waals surface area contributed by atoms with Crippen molar-refractivity contribution in [3.05, 3.63) is 29.3 Å². The fourth-order valence-electron chi connectivity index (χ4n) is 3.95. The molecule has 3 atom stereocenters. The molecule has 3 unspecified atom stereocenters. The Hall–Kier alpha value is -1.06. The summed E-state index contributed by atoms with van der Waals surface area (Å²) in [6, 6.07) is 7.57. The summed E-state index contributed by atoms with van der Waals surface area (Å²) in [5, 5.41) is 0. The lowest BCUT2D eigenvalue weighted by Gasteiger charge is -2.41. The van der Waals surface area contributed by atoms with E-state index in [1.54, 1.807) is 7.11 Å². The fourth-order valence-corrected chi connectivity index (χ4v) is 3.95. The number of fused-ring (bicyclic) bond motifs is 1. The van der Waals surface area contributed by atoms with Gasteiger partial charge in [-0.25, -0.2) is 0 Å². The summed E-state index contributed by atoms with van der Waals surface area (Å²) in [6.45, 7) is 4.59. The number of nitrogens with zero attached hydrogens (tertiary/aromatic N) is 1. The predicted molar refractivity (Wildman–Crippen MR) is 86.8 cm³/mol. The van der Waals surface area contributed by atoms with Crippen molar-refractivity contribution in [3.63, 3.8) is 0 Å². The Morgan fingerprint density at radius 2 is 2.14 bits per heavy atom. The molecule has 1 heterocycles. The Morgan fingerprint density at radius 1 is 1.29 bits per heavy atom. The van der Waals surface area contributed by atoms with Gasteiger partial charge in [-0.2, -0.15) is 0 Å². The van der Waals surface area contributed by atoms with Gasteiger partial charge in [0, 0.05) is 18.6 Å². The van der Waals surface area contributed by atoms with Crippen molar-refractivity contribution in [2.75, 3.05) is 20.2 Å². The van der Waals surface area contributed by atoms with E-state index >= 15 is 0 Å². The zero-order valence-electron chi connectivity index (χ0n) is 13.3. The van der Waals surface area contributed by atoms with Crippen LogP contribution < -0.4 is 10.5 Å². The topological polar surface area (TPSA) is 38.5 Å². The third-order valence-electron chi connectivity index (χ3n) is 5.37. The van der Waals surface area contributed by atoms with Crippen LogP contribution in [0.4, 0.5) is 0 Å². The van der Waals surface area contributed by atoms with Crippen LogP contribution in [0.2, 0.25) is 0 Å². The number of methoxy groups -OCH3 is 1. The maximum Gasteiger partial charge on any atom is 0.119 e. The first-order chi connectivity index (χ1) is 10.2. The molecule has 2 N–H and O–H groups in total. The van der Waals surface area contributed by atoms with E-state index in [0.29, 0.717) is 18.0 Å². The number of piperidine rings is 1. The van der Waals surface area contributed by atoms with Crippen molar-refractivity contribution in [2.45, 2.75) is 51.1 Å². The average Bonchev–Trinajstić information content (AvgIpc) is 2.53. The predicted octanol–water partition coefficient (Wildman–Crippen LogP) is 2.61. The number of hydrogen-bond acceptors (Lipinski definition) is 3. The third-order valence-corrected chi connectivity index (χ3v) is 5.37. The quantitative estimate of drug-likeness (QED) is 0.929. The number of rotatable bonds is 3. The second-order valence-electron chi connectivity index (χ2n) is 6.79. The molecule has 1 aliphatic heterocycles. The minimum absolute atomic E-state index is 0.323. The summed E-state index contributed by atoms with van der Waals surface area (Å²) in [7, 11) is 1.75. The number of likely N-dealkylation sites (tertiary alicyclic amines) is 1. The molecule has 21 heavy (non-hydrogen) atoms. The van der Waals surface area contributed by atoms with E-state index in [9.17, 15) is 0 Å². The maximum atomic E-state index is 6.13. The maximum absolute atomic E-state index is 6.13. The van der Waals surface area contributed by atoms with Crippen molar-refractivity contribution in [1.29, 1.82) is 0 Å². The number of ether oxygens (including phenoxy) is 1. The van der Waals surface area contributed by atoms with Gasteiger partial charge in [-0.1, -0.05) is 6.07 Å². The van der Waals surface area contributed by atoms with Gasteiger partial charge in [-0.3, -0.25) is 4.90 Å². The van der Waals surface area contributed by atoms with E-state index in [4.69, 9.17) is 10.5 Å². The molecule has 0 spiro atoms. The van der Waals surface area contributed by atoms with Crippen LogP contribution in [0.3, 0.4) is 0 Å². The molecule has 116 valence electrons. The van der Waals surface area contributed by atoms with Crippen molar-refractivity contribution in [2.24, 2.45) is 11.7 Å². The summed E-state index contributed by atoms with van der Waals surface area (Å²) in [4.78, 5) is 2.69. The van der Waals surface area contributed by atoms with Crippen LogP contribution in [-0.2, 0) is 12.8 Å². The Balaban J connectivity index is 1.70. The Labute approximate surface area is 128 Å². The molecule has 3 nitrogen and oxygen atoms in total. The highest BCUT2D eigenvalue weighted by molar-refractivity contribution is 5.37. The molecule has 0 bridgehead atoms. The van der Waals surface area contributed by atoms with Crippen molar-refractivity contribution in [1.82, 2.24) is 4.90 Å². The van der Waals surface area contributed by atoms with Crippen molar-refractivity contribution < 1.29 is 4.74 Å². The Bertz CT molecular complexity index is 486. The lowest BCUT2D eigenvalue weighted by molar-refractivity contribution is 0.105. The minimum atomic E-state index is 0.323. The summed E-state index contributed by atoms with van der Waals surface area (Å²) in [6.07, 6.45) is 6.24. The standard InChI is InChI=1S/C18H28N2O/c1-13(19)15-4-3-9-20(12-15)17-7-5-14-6-8-18(21-2)11-16(14)10-17/h6,8,11,13,15,17H,3-5,7,9-10,12,19H2,1-2H3. The molecule has 2 aliphatic rings. The molecular weight excluding hydrogens is 260 g/mol. The molecule has 1 saturated heterocycles. The molecule has 3 heteroatoms. The third kappa shape index (κ3) is 3.24. The van der Waals surface area contributed by atoms with Crippen LogP contribution >= 0.6 is 0 Å². The Morgan fingerprint density at radius 3 is 2.90 bits per heavy atom. The number of aryl methyl sites for hydroxylation is 1. The van der Waals surface area contributed by atoms with Gasteiger partial charge in [-0.05, 0) is 74.8 Å². The van der Waals surface area contributed by atoms with E-state index in [-0.39, 0.29) is 0 Å². The first-order valence-electron chi connectivity index (χ1n) is 8.33. The van der Waals surface area contributed by atoms with E-state index in [2.05, 4.69) is 30.0 Å². The molecule has 0 aromatic heterocycles. The van der Waals surface area contributed by atoms with Gasteiger partial charge in [0.1, 0.15) is 5.75 Å². The summed E-state index contributed by atoms with van der Waals surface area (Å²) >= 11 is 0. The van der Waals surface area contributed by atoms with Gasteiger partial charge in [0.15, 0.2) is 0 Å². The summed E-state index contributed by atoms with van der Waals surface area (Å²) < 4.78 is 5.38. The second-order valence-corrected chi connectivity index (χ2v) is 6.79. The molecule has 1 aromatic rings. The van der Waals surface area contributed by atoms with Crippen molar-refractivity contribution >= 4 is 0 Å². The zero-order valence-corrected chi connectivity index (χ0v) is 13.3. The second kappa shape index (κ2) is 6.37. The molecular formula is C18H28N2O. The highest BCUT2D eigenvalue weighted by atomic mass is 16.5. The van der Waals surface area contributed by atoms with Gasteiger partial charge in [0.05, 0.1) is 7.11 Å².